The van der Waals surface area contributed by atoms with Gasteiger partial charge in [0.05, 0.1) is 6.10 Å². The van der Waals surface area contributed by atoms with E-state index in [2.05, 4.69) is 12.2 Å². The Morgan fingerprint density at radius 2 is 2.29 bits per heavy atom. The number of carbonyl (C=O) groups is 1. The highest BCUT2D eigenvalue weighted by molar-refractivity contribution is 5.74. The topological polar surface area (TPSA) is 52.6 Å². The van der Waals surface area contributed by atoms with Crippen LogP contribution in [0.3, 0.4) is 0 Å². The molecule has 82 valence electrons. The molecule has 0 spiro atoms. The number of amides is 2. The Hall–Kier alpha value is -0.770. The zero-order valence-corrected chi connectivity index (χ0v) is 8.99. The first kappa shape index (κ1) is 11.3. The average molecular weight is 200 g/mol. The van der Waals surface area contributed by atoms with Crippen molar-refractivity contribution in [3.8, 4) is 0 Å². The van der Waals surface area contributed by atoms with Gasteiger partial charge in [0.25, 0.3) is 0 Å². The number of hydrogen-bond donors (Lipinski definition) is 2. The second-order valence-electron chi connectivity index (χ2n) is 4.13. The minimum absolute atomic E-state index is 0.0440. The van der Waals surface area contributed by atoms with Crippen LogP contribution in [0.4, 0.5) is 4.79 Å². The van der Waals surface area contributed by atoms with Gasteiger partial charge in [-0.25, -0.2) is 4.79 Å². The van der Waals surface area contributed by atoms with Gasteiger partial charge in [-0.2, -0.15) is 0 Å². The van der Waals surface area contributed by atoms with E-state index in [1.165, 1.54) is 0 Å². The number of carbonyl (C=O) groups excluding carboxylic acids is 1. The molecule has 1 rings (SSSR count). The van der Waals surface area contributed by atoms with Gasteiger partial charge in [-0.3, -0.25) is 0 Å². The van der Waals surface area contributed by atoms with Crippen LogP contribution in [0.5, 0.6) is 0 Å². The maximum atomic E-state index is 11.6. The normalized spacial score (nSPS) is 27.5. The van der Waals surface area contributed by atoms with Crippen molar-refractivity contribution in [2.45, 2.75) is 32.8 Å². The van der Waals surface area contributed by atoms with Gasteiger partial charge in [0.15, 0.2) is 0 Å². The van der Waals surface area contributed by atoms with Crippen molar-refractivity contribution in [1.29, 1.82) is 0 Å². The molecule has 1 heterocycles. The number of rotatable bonds is 2. The lowest BCUT2D eigenvalue weighted by Crippen LogP contribution is -2.49. The lowest BCUT2D eigenvalue weighted by Gasteiger charge is -2.34. The molecule has 2 atom stereocenters. The number of urea groups is 1. The Kier molecular flexibility index (Phi) is 4.20. The number of aliphatic hydroxyl groups is 1. The Balaban J connectivity index is 2.38. The number of hydrogen-bond acceptors (Lipinski definition) is 2. The first-order chi connectivity index (χ1) is 6.63. The summed E-state index contributed by atoms with van der Waals surface area (Å²) in [5, 5.41) is 12.3. The molecule has 1 fully saturated rings. The largest absolute Gasteiger partial charge is 0.391 e. The Labute approximate surface area is 85.3 Å². The molecule has 2 amide bonds. The van der Waals surface area contributed by atoms with Gasteiger partial charge >= 0.3 is 6.03 Å². The van der Waals surface area contributed by atoms with Gasteiger partial charge in [-0.15, -0.1) is 0 Å². The predicted molar refractivity (Wildman–Crippen MR) is 55.1 cm³/mol. The van der Waals surface area contributed by atoms with Crippen LogP contribution in [0.25, 0.3) is 0 Å². The van der Waals surface area contributed by atoms with Crippen molar-refractivity contribution in [1.82, 2.24) is 10.2 Å². The van der Waals surface area contributed by atoms with Crippen molar-refractivity contribution in [3.63, 3.8) is 0 Å². The predicted octanol–water partition coefficient (Wildman–Crippen LogP) is 0.809. The number of β-amino-alcohol motifs (C(OH)–C–C–N with tert-alkyl or cyclic N) is 1. The van der Waals surface area contributed by atoms with Gasteiger partial charge in [0, 0.05) is 19.6 Å². The van der Waals surface area contributed by atoms with Crippen LogP contribution in [0.2, 0.25) is 0 Å². The Bertz CT molecular complexity index is 187. The summed E-state index contributed by atoms with van der Waals surface area (Å²) in [5.41, 5.74) is 0. The molecule has 0 aromatic carbocycles. The Morgan fingerprint density at radius 3 is 2.86 bits per heavy atom. The van der Waals surface area contributed by atoms with E-state index in [9.17, 15) is 9.90 Å². The first-order valence-electron chi connectivity index (χ1n) is 5.34. The lowest BCUT2D eigenvalue weighted by atomic mass is 9.98. The van der Waals surface area contributed by atoms with Crippen LogP contribution in [-0.4, -0.2) is 41.8 Å². The van der Waals surface area contributed by atoms with Crippen molar-refractivity contribution in [2.24, 2.45) is 5.92 Å². The molecule has 14 heavy (non-hydrogen) atoms. The van der Waals surface area contributed by atoms with Gasteiger partial charge < -0.3 is 15.3 Å². The maximum absolute atomic E-state index is 11.6. The quantitative estimate of drug-likeness (QED) is 0.693. The molecule has 0 bridgehead atoms. The summed E-state index contributed by atoms with van der Waals surface area (Å²) in [7, 11) is 0. The number of nitrogens with zero attached hydrogens (tertiary/aromatic N) is 1. The fraction of sp³-hybridized carbons (Fsp3) is 0.900. The third-order valence-corrected chi connectivity index (χ3v) is 2.45. The molecule has 2 N–H and O–H groups in total. The van der Waals surface area contributed by atoms with Crippen molar-refractivity contribution in [2.75, 3.05) is 19.6 Å². The molecule has 1 saturated heterocycles. The van der Waals surface area contributed by atoms with E-state index in [1.807, 2.05) is 6.92 Å². The minimum Gasteiger partial charge on any atom is -0.391 e. The van der Waals surface area contributed by atoms with Crippen LogP contribution in [0, 0.1) is 5.92 Å². The number of nitrogens with one attached hydrogen (secondary N) is 1. The lowest BCUT2D eigenvalue weighted by molar-refractivity contribution is 0.0605. The smallest absolute Gasteiger partial charge is 0.317 e. The minimum atomic E-state index is -0.355. The molecular weight excluding hydrogens is 180 g/mol. The molecule has 4 heteroatoms. The van der Waals surface area contributed by atoms with Crippen LogP contribution < -0.4 is 5.32 Å². The average Bonchev–Trinajstić information content (AvgIpc) is 2.12. The van der Waals surface area contributed by atoms with Gasteiger partial charge in [0.1, 0.15) is 0 Å². The van der Waals surface area contributed by atoms with Crippen LogP contribution in [-0.2, 0) is 0 Å². The van der Waals surface area contributed by atoms with Crippen LogP contribution in [0.1, 0.15) is 26.7 Å². The van der Waals surface area contributed by atoms with E-state index in [0.717, 1.165) is 19.4 Å². The van der Waals surface area contributed by atoms with E-state index in [-0.39, 0.29) is 12.1 Å². The zero-order valence-electron chi connectivity index (χ0n) is 8.99. The van der Waals surface area contributed by atoms with Crippen molar-refractivity contribution in [3.05, 3.63) is 0 Å². The molecule has 1 aliphatic heterocycles. The third-order valence-electron chi connectivity index (χ3n) is 2.45. The highest BCUT2D eigenvalue weighted by atomic mass is 16.3. The SMILES string of the molecule is CCCNC(=O)N1CC(C)CC(O)C1. The molecule has 1 aliphatic rings. The highest BCUT2D eigenvalue weighted by Gasteiger charge is 2.25. The molecule has 0 saturated carbocycles. The van der Waals surface area contributed by atoms with Crippen molar-refractivity contribution < 1.29 is 9.90 Å². The second kappa shape index (κ2) is 5.20. The fourth-order valence-corrected chi connectivity index (χ4v) is 1.83. The highest BCUT2D eigenvalue weighted by Crippen LogP contribution is 2.15. The molecule has 2 unspecified atom stereocenters. The Morgan fingerprint density at radius 1 is 1.57 bits per heavy atom. The monoisotopic (exact) mass is 200 g/mol. The molecule has 0 aromatic rings. The summed E-state index contributed by atoms with van der Waals surface area (Å²) in [6.07, 6.45) is 1.39. The molecule has 0 aliphatic carbocycles. The third kappa shape index (κ3) is 3.18. The summed E-state index contributed by atoms with van der Waals surface area (Å²) in [6, 6.07) is -0.0440. The summed E-state index contributed by atoms with van der Waals surface area (Å²) < 4.78 is 0. The van der Waals surface area contributed by atoms with Crippen LogP contribution >= 0.6 is 0 Å². The van der Waals surface area contributed by atoms with E-state index in [4.69, 9.17) is 0 Å². The zero-order chi connectivity index (χ0) is 10.6. The van der Waals surface area contributed by atoms with Gasteiger partial charge in [0.2, 0.25) is 0 Å². The van der Waals surface area contributed by atoms with Crippen molar-refractivity contribution >= 4 is 6.03 Å². The number of aliphatic hydroxyl groups excluding tert-OH is 1. The number of piperidine rings is 1. The summed E-state index contributed by atoms with van der Waals surface area (Å²) in [6.45, 7) is 6.02. The van der Waals surface area contributed by atoms with Gasteiger partial charge in [-0.1, -0.05) is 13.8 Å². The summed E-state index contributed by atoms with van der Waals surface area (Å²) in [4.78, 5) is 13.3. The first-order valence-corrected chi connectivity index (χ1v) is 5.34. The molecule has 0 radical (unpaired) electrons. The summed E-state index contributed by atoms with van der Waals surface area (Å²) in [5.74, 6) is 0.395. The fourth-order valence-electron chi connectivity index (χ4n) is 1.83. The van der Waals surface area contributed by atoms with Gasteiger partial charge in [-0.05, 0) is 18.8 Å². The van der Waals surface area contributed by atoms with E-state index >= 15 is 0 Å². The standard InChI is InChI=1S/C10H20N2O2/c1-3-4-11-10(14)12-6-8(2)5-9(13)7-12/h8-9,13H,3-7H2,1-2H3,(H,11,14). The summed E-state index contributed by atoms with van der Waals surface area (Å²) >= 11 is 0. The molecular formula is C10H20N2O2. The van der Waals surface area contributed by atoms with E-state index in [1.54, 1.807) is 4.90 Å². The molecule has 0 aromatic heterocycles. The van der Waals surface area contributed by atoms with E-state index in [0.29, 0.717) is 19.0 Å². The van der Waals surface area contributed by atoms with Crippen LogP contribution in [0.15, 0.2) is 0 Å². The molecule has 4 nitrogen and oxygen atoms in total. The number of likely N-dealkylation sites (tertiary alicyclic amines) is 1. The maximum Gasteiger partial charge on any atom is 0.317 e. The van der Waals surface area contributed by atoms with E-state index < -0.39 is 0 Å². The second-order valence-corrected chi connectivity index (χ2v) is 4.13.